The van der Waals surface area contributed by atoms with Crippen LogP contribution in [0.2, 0.25) is 0 Å². The number of amides is 1. The Bertz CT molecular complexity index is 590. The molecule has 1 aliphatic rings. The monoisotopic (exact) mass is 299 g/mol. The third-order valence-corrected chi connectivity index (χ3v) is 4.08. The van der Waals surface area contributed by atoms with E-state index in [1.54, 1.807) is 12.4 Å². The van der Waals surface area contributed by atoms with Crippen molar-refractivity contribution in [2.24, 2.45) is 5.92 Å². The second kappa shape index (κ2) is 7.17. The van der Waals surface area contributed by atoms with Crippen molar-refractivity contribution in [2.45, 2.75) is 19.4 Å². The summed E-state index contributed by atoms with van der Waals surface area (Å²) in [5.74, 6) is 1.44. The number of hydrogen-bond acceptors (Lipinski definition) is 4. The molecule has 1 amide bonds. The van der Waals surface area contributed by atoms with Crippen LogP contribution < -0.4 is 5.32 Å². The van der Waals surface area contributed by atoms with Crippen molar-refractivity contribution in [1.29, 1.82) is 0 Å². The van der Waals surface area contributed by atoms with Gasteiger partial charge in [-0.3, -0.25) is 4.79 Å². The third-order valence-electron chi connectivity index (χ3n) is 4.08. The van der Waals surface area contributed by atoms with E-state index in [-0.39, 0.29) is 0 Å². The Morgan fingerprint density at radius 3 is 2.95 bits per heavy atom. The van der Waals surface area contributed by atoms with Gasteiger partial charge in [-0.15, -0.1) is 0 Å². The number of carbonyl (C=O) groups excluding carboxylic acids is 1. The number of aromatic nitrogens is 3. The minimum atomic E-state index is 0.643. The standard InChI is InChI=1S/C16H21N5O/c22-12-21-8-4-13(5-9-21)10-17-11-14-2-1-3-15(20-14)16-18-6-7-19-16/h1-3,6-7,12-13,17H,4-5,8-11H2,(H,18,19). The lowest BCUT2D eigenvalue weighted by Gasteiger charge is -2.29. The van der Waals surface area contributed by atoms with E-state index in [9.17, 15) is 4.79 Å². The number of nitrogens with one attached hydrogen (secondary N) is 2. The number of hydrogen-bond donors (Lipinski definition) is 2. The van der Waals surface area contributed by atoms with E-state index in [0.717, 1.165) is 62.6 Å². The van der Waals surface area contributed by atoms with Gasteiger partial charge in [-0.2, -0.15) is 0 Å². The minimum Gasteiger partial charge on any atom is -0.345 e. The number of H-pyrrole nitrogens is 1. The molecule has 0 unspecified atom stereocenters. The van der Waals surface area contributed by atoms with Gasteiger partial charge in [0.15, 0.2) is 5.82 Å². The number of imidazole rings is 1. The van der Waals surface area contributed by atoms with Crippen molar-refractivity contribution in [3.05, 3.63) is 36.3 Å². The van der Waals surface area contributed by atoms with Gasteiger partial charge < -0.3 is 15.2 Å². The zero-order valence-corrected chi connectivity index (χ0v) is 12.5. The molecule has 2 aromatic rings. The van der Waals surface area contributed by atoms with Gasteiger partial charge in [0.05, 0.1) is 5.69 Å². The quantitative estimate of drug-likeness (QED) is 0.791. The Balaban J connectivity index is 1.48. The number of rotatable bonds is 6. The smallest absolute Gasteiger partial charge is 0.209 e. The average Bonchev–Trinajstić information content (AvgIpc) is 3.10. The van der Waals surface area contributed by atoms with Crippen LogP contribution in [0.1, 0.15) is 18.5 Å². The van der Waals surface area contributed by atoms with Gasteiger partial charge in [0.25, 0.3) is 0 Å². The molecule has 2 aromatic heterocycles. The van der Waals surface area contributed by atoms with Crippen LogP contribution >= 0.6 is 0 Å². The highest BCUT2D eigenvalue weighted by Crippen LogP contribution is 2.15. The average molecular weight is 299 g/mol. The fraction of sp³-hybridized carbons (Fsp3) is 0.438. The first kappa shape index (κ1) is 14.7. The van der Waals surface area contributed by atoms with Gasteiger partial charge in [-0.05, 0) is 37.4 Å². The normalized spacial score (nSPS) is 15.9. The molecule has 1 saturated heterocycles. The molecule has 0 spiro atoms. The van der Waals surface area contributed by atoms with Crippen LogP contribution in [0.25, 0.3) is 11.5 Å². The van der Waals surface area contributed by atoms with E-state index in [4.69, 9.17) is 0 Å². The van der Waals surface area contributed by atoms with Gasteiger partial charge in [-0.25, -0.2) is 9.97 Å². The first-order chi connectivity index (χ1) is 10.8. The summed E-state index contributed by atoms with van der Waals surface area (Å²) in [7, 11) is 0. The Labute approximate surface area is 130 Å². The summed E-state index contributed by atoms with van der Waals surface area (Å²) in [6.45, 7) is 3.48. The molecule has 1 fully saturated rings. The first-order valence-corrected chi connectivity index (χ1v) is 7.71. The lowest BCUT2D eigenvalue weighted by Crippen LogP contribution is -2.36. The van der Waals surface area contributed by atoms with Gasteiger partial charge in [0, 0.05) is 32.0 Å². The molecule has 0 bridgehead atoms. The van der Waals surface area contributed by atoms with Gasteiger partial charge in [0.1, 0.15) is 5.69 Å². The summed E-state index contributed by atoms with van der Waals surface area (Å²) in [6, 6.07) is 5.98. The highest BCUT2D eigenvalue weighted by Gasteiger charge is 2.17. The van der Waals surface area contributed by atoms with Crippen molar-refractivity contribution in [3.8, 4) is 11.5 Å². The largest absolute Gasteiger partial charge is 0.345 e. The molecule has 3 heterocycles. The number of aromatic amines is 1. The second-order valence-electron chi connectivity index (χ2n) is 5.67. The highest BCUT2D eigenvalue weighted by atomic mass is 16.1. The Hall–Kier alpha value is -2.21. The molecular formula is C16H21N5O. The second-order valence-corrected chi connectivity index (χ2v) is 5.67. The molecule has 1 aliphatic heterocycles. The lowest BCUT2D eigenvalue weighted by atomic mass is 9.97. The van der Waals surface area contributed by atoms with E-state index in [1.807, 2.05) is 23.1 Å². The number of nitrogens with zero attached hydrogens (tertiary/aromatic N) is 3. The summed E-state index contributed by atoms with van der Waals surface area (Å²) in [4.78, 5) is 24.4. The molecule has 0 atom stereocenters. The molecule has 0 saturated carbocycles. The maximum Gasteiger partial charge on any atom is 0.209 e. The molecule has 0 aliphatic carbocycles. The van der Waals surface area contributed by atoms with E-state index < -0.39 is 0 Å². The van der Waals surface area contributed by atoms with Gasteiger partial charge in [0.2, 0.25) is 6.41 Å². The predicted molar refractivity (Wildman–Crippen MR) is 83.9 cm³/mol. The Kier molecular flexibility index (Phi) is 4.80. The predicted octanol–water partition coefficient (Wildman–Crippen LogP) is 1.43. The van der Waals surface area contributed by atoms with Crippen LogP contribution in [-0.2, 0) is 11.3 Å². The zero-order valence-electron chi connectivity index (χ0n) is 12.5. The van der Waals surface area contributed by atoms with Crippen molar-refractivity contribution in [2.75, 3.05) is 19.6 Å². The summed E-state index contributed by atoms with van der Waals surface area (Å²) >= 11 is 0. The number of pyridine rings is 1. The van der Waals surface area contributed by atoms with Crippen molar-refractivity contribution < 1.29 is 4.79 Å². The summed E-state index contributed by atoms with van der Waals surface area (Å²) in [5, 5.41) is 3.48. The Morgan fingerprint density at radius 1 is 1.36 bits per heavy atom. The van der Waals surface area contributed by atoms with Crippen LogP contribution in [0.4, 0.5) is 0 Å². The Morgan fingerprint density at radius 2 is 2.23 bits per heavy atom. The minimum absolute atomic E-state index is 0.643. The summed E-state index contributed by atoms with van der Waals surface area (Å²) in [6.07, 6.45) is 6.63. The molecule has 6 heteroatoms. The first-order valence-electron chi connectivity index (χ1n) is 7.71. The van der Waals surface area contributed by atoms with E-state index in [2.05, 4.69) is 20.3 Å². The molecule has 116 valence electrons. The maximum atomic E-state index is 10.7. The SMILES string of the molecule is O=CN1CCC(CNCc2cccc(-c3ncc[nH]3)n2)CC1. The van der Waals surface area contributed by atoms with Crippen molar-refractivity contribution >= 4 is 6.41 Å². The number of likely N-dealkylation sites (tertiary alicyclic amines) is 1. The number of piperidine rings is 1. The van der Waals surface area contributed by atoms with Crippen LogP contribution in [-0.4, -0.2) is 45.9 Å². The third kappa shape index (κ3) is 3.71. The molecular weight excluding hydrogens is 278 g/mol. The van der Waals surface area contributed by atoms with Crippen molar-refractivity contribution in [3.63, 3.8) is 0 Å². The summed E-state index contributed by atoms with van der Waals surface area (Å²) < 4.78 is 0. The molecule has 2 N–H and O–H groups in total. The van der Waals surface area contributed by atoms with E-state index >= 15 is 0 Å². The van der Waals surface area contributed by atoms with E-state index in [0.29, 0.717) is 5.92 Å². The maximum absolute atomic E-state index is 10.7. The van der Waals surface area contributed by atoms with Crippen LogP contribution in [0.15, 0.2) is 30.6 Å². The van der Waals surface area contributed by atoms with Crippen LogP contribution in [0, 0.1) is 5.92 Å². The van der Waals surface area contributed by atoms with Gasteiger partial charge in [-0.1, -0.05) is 6.07 Å². The van der Waals surface area contributed by atoms with Crippen LogP contribution in [0.5, 0.6) is 0 Å². The van der Waals surface area contributed by atoms with E-state index in [1.165, 1.54) is 0 Å². The van der Waals surface area contributed by atoms with Gasteiger partial charge >= 0.3 is 0 Å². The van der Waals surface area contributed by atoms with Crippen molar-refractivity contribution in [1.82, 2.24) is 25.2 Å². The lowest BCUT2D eigenvalue weighted by molar-refractivity contribution is -0.119. The number of carbonyl (C=O) groups is 1. The summed E-state index contributed by atoms with van der Waals surface area (Å²) in [5.41, 5.74) is 1.88. The highest BCUT2D eigenvalue weighted by molar-refractivity contribution is 5.48. The fourth-order valence-electron chi connectivity index (χ4n) is 2.78. The molecule has 6 nitrogen and oxygen atoms in total. The zero-order chi connectivity index (χ0) is 15.2. The topological polar surface area (TPSA) is 73.9 Å². The fourth-order valence-corrected chi connectivity index (χ4v) is 2.78. The molecule has 0 radical (unpaired) electrons. The van der Waals surface area contributed by atoms with Crippen LogP contribution in [0.3, 0.4) is 0 Å². The molecule has 0 aromatic carbocycles. The molecule has 3 rings (SSSR count). The molecule has 22 heavy (non-hydrogen) atoms.